The molecule has 0 aliphatic rings. The van der Waals surface area contributed by atoms with Crippen LogP contribution in [0.25, 0.3) is 0 Å². The molecule has 0 fully saturated rings. The highest BCUT2D eigenvalue weighted by atomic mass is 35.5. The van der Waals surface area contributed by atoms with Crippen molar-refractivity contribution >= 4 is 56.2 Å². The lowest BCUT2D eigenvalue weighted by atomic mass is 10.2. The van der Waals surface area contributed by atoms with Crippen LogP contribution in [0.5, 0.6) is 0 Å². The molecular weight excluding hydrogens is 441 g/mol. The zero-order valence-electron chi connectivity index (χ0n) is 14.6. The van der Waals surface area contributed by atoms with Gasteiger partial charge in [-0.2, -0.15) is 0 Å². The van der Waals surface area contributed by atoms with E-state index in [4.69, 9.17) is 23.2 Å². The first-order valence-corrected chi connectivity index (χ1v) is 11.1. The highest BCUT2D eigenvalue weighted by Gasteiger charge is 2.19. The molecule has 1 aromatic heterocycles. The first-order valence-electron chi connectivity index (χ1n) is 8.02. The van der Waals surface area contributed by atoms with Crippen LogP contribution >= 0.6 is 34.5 Å². The summed E-state index contributed by atoms with van der Waals surface area (Å²) in [6, 6.07) is 10.3. The predicted molar refractivity (Wildman–Crippen MR) is 112 cm³/mol. The molecule has 3 aromatic rings. The van der Waals surface area contributed by atoms with Crippen LogP contribution in [0.2, 0.25) is 10.0 Å². The summed E-state index contributed by atoms with van der Waals surface area (Å²) in [4.78, 5) is 16.5. The average molecular weight is 456 g/mol. The first-order chi connectivity index (χ1) is 13.2. The van der Waals surface area contributed by atoms with Gasteiger partial charge >= 0.3 is 0 Å². The molecule has 3 rings (SSSR count). The largest absolute Gasteiger partial charge is 0.346 e. The molecule has 28 heavy (non-hydrogen) atoms. The Morgan fingerprint density at radius 3 is 2.68 bits per heavy atom. The van der Waals surface area contributed by atoms with Gasteiger partial charge < -0.3 is 5.32 Å². The van der Waals surface area contributed by atoms with E-state index in [2.05, 4.69) is 15.0 Å². The van der Waals surface area contributed by atoms with Gasteiger partial charge in [-0.25, -0.2) is 13.4 Å². The number of amides is 1. The number of sulfonamides is 1. The lowest BCUT2D eigenvalue weighted by Gasteiger charge is -2.11. The van der Waals surface area contributed by atoms with Gasteiger partial charge in [0, 0.05) is 27.3 Å². The quantitative estimate of drug-likeness (QED) is 0.572. The maximum Gasteiger partial charge on any atom is 0.263 e. The third-order valence-corrected chi connectivity index (χ3v) is 6.69. The lowest BCUT2D eigenvalue weighted by molar-refractivity contribution is 0.0951. The first kappa shape index (κ1) is 20.6. The standard InChI is InChI=1S/C18H15Cl2N3O3S2/c1-11-10-27-17(22-11)9-21-18(24)12-3-2-4-14(7-12)23-28(25,26)16-8-13(19)5-6-15(16)20/h2-8,10,23H,9H2,1H3,(H,21,24). The monoisotopic (exact) mass is 455 g/mol. The van der Waals surface area contributed by atoms with Crippen LogP contribution in [0.4, 0.5) is 5.69 Å². The van der Waals surface area contributed by atoms with Gasteiger partial charge in [-0.15, -0.1) is 11.3 Å². The SMILES string of the molecule is Cc1csc(CNC(=O)c2cccc(NS(=O)(=O)c3cc(Cl)ccc3Cl)c2)n1. The molecule has 0 aliphatic carbocycles. The molecule has 0 saturated carbocycles. The molecule has 146 valence electrons. The molecule has 0 unspecified atom stereocenters. The van der Waals surface area contributed by atoms with E-state index in [9.17, 15) is 13.2 Å². The number of benzene rings is 2. The summed E-state index contributed by atoms with van der Waals surface area (Å²) in [6.07, 6.45) is 0. The normalized spacial score (nSPS) is 11.2. The van der Waals surface area contributed by atoms with Crippen molar-refractivity contribution in [2.24, 2.45) is 0 Å². The summed E-state index contributed by atoms with van der Waals surface area (Å²) in [7, 11) is -3.97. The number of aryl methyl sites for hydroxylation is 1. The minimum atomic E-state index is -3.97. The molecule has 0 radical (unpaired) electrons. The summed E-state index contributed by atoms with van der Waals surface area (Å²) in [6.45, 7) is 2.18. The number of rotatable bonds is 6. The number of nitrogens with one attached hydrogen (secondary N) is 2. The van der Waals surface area contributed by atoms with E-state index in [1.807, 2.05) is 12.3 Å². The van der Waals surface area contributed by atoms with E-state index < -0.39 is 10.0 Å². The summed E-state index contributed by atoms with van der Waals surface area (Å²) in [5.74, 6) is -0.338. The number of carbonyl (C=O) groups excluding carboxylic acids is 1. The van der Waals surface area contributed by atoms with Crippen LogP contribution in [-0.4, -0.2) is 19.3 Å². The third-order valence-electron chi connectivity index (χ3n) is 3.63. The second-order valence-electron chi connectivity index (χ2n) is 5.83. The molecule has 1 amide bonds. The van der Waals surface area contributed by atoms with Crippen molar-refractivity contribution in [3.05, 3.63) is 74.2 Å². The Morgan fingerprint density at radius 2 is 1.96 bits per heavy atom. The van der Waals surface area contributed by atoms with E-state index in [0.29, 0.717) is 12.1 Å². The molecule has 0 bridgehead atoms. The molecule has 10 heteroatoms. The molecule has 6 nitrogen and oxygen atoms in total. The number of hydrogen-bond acceptors (Lipinski definition) is 5. The number of anilines is 1. The molecule has 2 aromatic carbocycles. The number of thiazole rings is 1. The predicted octanol–water partition coefficient (Wildman–Crippen LogP) is 4.49. The Hall–Kier alpha value is -2.13. The van der Waals surface area contributed by atoms with Crippen LogP contribution in [0.3, 0.4) is 0 Å². The Bertz CT molecular complexity index is 1130. The molecule has 0 saturated heterocycles. The number of hydrogen-bond donors (Lipinski definition) is 2. The maximum atomic E-state index is 12.6. The van der Waals surface area contributed by atoms with Gasteiger partial charge in [0.1, 0.15) is 9.90 Å². The van der Waals surface area contributed by atoms with Crippen LogP contribution in [0.1, 0.15) is 21.1 Å². The van der Waals surface area contributed by atoms with Crippen molar-refractivity contribution in [1.29, 1.82) is 0 Å². The van der Waals surface area contributed by atoms with Crippen LogP contribution < -0.4 is 10.0 Å². The second kappa shape index (κ2) is 8.48. The fraction of sp³-hybridized carbons (Fsp3) is 0.111. The molecule has 0 spiro atoms. The van der Waals surface area contributed by atoms with E-state index in [-0.39, 0.29) is 26.5 Å². The van der Waals surface area contributed by atoms with Crippen LogP contribution in [-0.2, 0) is 16.6 Å². The highest BCUT2D eigenvalue weighted by Crippen LogP contribution is 2.27. The summed E-state index contributed by atoms with van der Waals surface area (Å²) < 4.78 is 27.6. The Balaban J connectivity index is 1.75. The second-order valence-corrected chi connectivity index (χ2v) is 9.26. The van der Waals surface area contributed by atoms with Gasteiger partial charge in [-0.1, -0.05) is 29.3 Å². The van der Waals surface area contributed by atoms with Crippen molar-refractivity contribution < 1.29 is 13.2 Å². The van der Waals surface area contributed by atoms with E-state index in [0.717, 1.165) is 10.7 Å². The van der Waals surface area contributed by atoms with E-state index in [1.54, 1.807) is 12.1 Å². The fourth-order valence-corrected chi connectivity index (χ4v) is 4.88. The highest BCUT2D eigenvalue weighted by molar-refractivity contribution is 7.92. The van der Waals surface area contributed by atoms with Gasteiger partial charge in [0.15, 0.2) is 0 Å². The molecule has 0 aliphatic heterocycles. The fourth-order valence-electron chi connectivity index (χ4n) is 2.36. The number of nitrogens with zero attached hydrogens (tertiary/aromatic N) is 1. The van der Waals surface area contributed by atoms with Crippen molar-refractivity contribution in [3.63, 3.8) is 0 Å². The van der Waals surface area contributed by atoms with Gasteiger partial charge in [-0.05, 0) is 43.3 Å². The summed E-state index contributed by atoms with van der Waals surface area (Å²) >= 11 is 13.3. The Morgan fingerprint density at radius 1 is 1.18 bits per heavy atom. The maximum absolute atomic E-state index is 12.6. The zero-order chi connectivity index (χ0) is 20.3. The van der Waals surface area contributed by atoms with Gasteiger partial charge in [0.05, 0.1) is 11.6 Å². The average Bonchev–Trinajstić information content (AvgIpc) is 3.07. The summed E-state index contributed by atoms with van der Waals surface area (Å²) in [5.41, 5.74) is 1.43. The zero-order valence-corrected chi connectivity index (χ0v) is 17.7. The molecule has 1 heterocycles. The number of halogens is 2. The van der Waals surface area contributed by atoms with E-state index in [1.165, 1.54) is 41.7 Å². The minimum Gasteiger partial charge on any atom is -0.346 e. The number of aromatic nitrogens is 1. The lowest BCUT2D eigenvalue weighted by Crippen LogP contribution is -2.23. The van der Waals surface area contributed by atoms with Gasteiger partial charge in [-0.3, -0.25) is 9.52 Å². The number of carbonyl (C=O) groups is 1. The van der Waals surface area contributed by atoms with Crippen molar-refractivity contribution in [3.8, 4) is 0 Å². The summed E-state index contributed by atoms with van der Waals surface area (Å²) in [5, 5.41) is 5.74. The van der Waals surface area contributed by atoms with E-state index >= 15 is 0 Å². The molecule has 2 N–H and O–H groups in total. The Kier molecular flexibility index (Phi) is 6.24. The van der Waals surface area contributed by atoms with Crippen molar-refractivity contribution in [1.82, 2.24) is 10.3 Å². The topological polar surface area (TPSA) is 88.2 Å². The van der Waals surface area contributed by atoms with Gasteiger partial charge in [0.25, 0.3) is 15.9 Å². The third kappa shape index (κ3) is 5.02. The van der Waals surface area contributed by atoms with Crippen LogP contribution in [0.15, 0.2) is 52.7 Å². The van der Waals surface area contributed by atoms with Crippen molar-refractivity contribution in [2.75, 3.05) is 4.72 Å². The van der Waals surface area contributed by atoms with Gasteiger partial charge in [0.2, 0.25) is 0 Å². The minimum absolute atomic E-state index is 0.0459. The Labute approximate surface area is 176 Å². The van der Waals surface area contributed by atoms with Crippen molar-refractivity contribution in [2.45, 2.75) is 18.4 Å². The smallest absolute Gasteiger partial charge is 0.263 e. The molecular formula is C18H15Cl2N3O3S2. The van der Waals surface area contributed by atoms with Crippen LogP contribution in [0, 0.1) is 6.92 Å². The molecule has 0 atom stereocenters.